The van der Waals surface area contributed by atoms with Crippen molar-refractivity contribution in [1.29, 1.82) is 0 Å². The molecule has 1 amide bonds. The van der Waals surface area contributed by atoms with E-state index in [1.165, 1.54) is 11.3 Å². The average Bonchev–Trinajstić information content (AvgIpc) is 2.50. The second kappa shape index (κ2) is 6.94. The highest BCUT2D eigenvalue weighted by Gasteiger charge is 2.19. The molecule has 1 aromatic rings. The number of benzene rings is 1. The van der Waals surface area contributed by atoms with Crippen molar-refractivity contribution >= 4 is 11.6 Å². The Hall–Kier alpha value is -1.55. The van der Waals surface area contributed by atoms with Gasteiger partial charge in [-0.3, -0.25) is 4.79 Å². The van der Waals surface area contributed by atoms with E-state index in [0.29, 0.717) is 13.2 Å². The Bertz CT molecular complexity index is 498. The molecule has 0 aliphatic carbocycles. The highest BCUT2D eigenvalue weighted by Crippen LogP contribution is 2.23. The third-order valence-corrected chi connectivity index (χ3v) is 4.02. The maximum Gasteiger partial charge on any atom is 0.251 e. The average molecular weight is 290 g/mol. The Morgan fingerprint density at radius 2 is 2.24 bits per heavy atom. The normalized spacial score (nSPS) is 14.2. The fourth-order valence-electron chi connectivity index (χ4n) is 2.50. The zero-order chi connectivity index (χ0) is 15.3. The number of hydrogen-bond acceptors (Lipinski definition) is 3. The van der Waals surface area contributed by atoms with E-state index in [1.807, 2.05) is 18.2 Å². The maximum absolute atomic E-state index is 12.3. The van der Waals surface area contributed by atoms with Gasteiger partial charge in [0.1, 0.15) is 0 Å². The first-order valence-corrected chi connectivity index (χ1v) is 7.66. The molecule has 0 fully saturated rings. The van der Waals surface area contributed by atoms with Gasteiger partial charge in [0.2, 0.25) is 0 Å². The van der Waals surface area contributed by atoms with Crippen molar-refractivity contribution < 1.29 is 9.53 Å². The molecule has 2 N–H and O–H groups in total. The molecule has 2 rings (SSSR count). The van der Waals surface area contributed by atoms with Gasteiger partial charge in [0.15, 0.2) is 0 Å². The number of carbonyl (C=O) groups excluding carboxylic acids is 1. The SMILES string of the molecule is COCCC(C)(C)CNC(=O)c1ccc2c(c1)CCCN2. The molecule has 0 saturated carbocycles. The lowest BCUT2D eigenvalue weighted by Gasteiger charge is -2.25. The summed E-state index contributed by atoms with van der Waals surface area (Å²) in [6.07, 6.45) is 3.10. The van der Waals surface area contributed by atoms with Gasteiger partial charge in [0, 0.05) is 38.1 Å². The number of aryl methyl sites for hydroxylation is 1. The Labute approximate surface area is 127 Å². The molecule has 1 aliphatic heterocycles. The summed E-state index contributed by atoms with van der Waals surface area (Å²) in [6.45, 7) is 6.68. The molecule has 0 bridgehead atoms. The monoisotopic (exact) mass is 290 g/mol. The maximum atomic E-state index is 12.3. The number of carbonyl (C=O) groups is 1. The molecule has 0 saturated heterocycles. The van der Waals surface area contributed by atoms with E-state index in [9.17, 15) is 4.79 Å². The molecule has 1 aliphatic rings. The van der Waals surface area contributed by atoms with Gasteiger partial charge in [0.25, 0.3) is 5.91 Å². The standard InChI is InChI=1S/C17H26N2O2/c1-17(2,8-10-21-3)12-19-16(20)14-6-7-15-13(11-14)5-4-9-18-15/h6-7,11,18H,4-5,8-10,12H2,1-3H3,(H,19,20). The lowest BCUT2D eigenvalue weighted by molar-refractivity contribution is 0.0921. The molecule has 0 radical (unpaired) electrons. The van der Waals surface area contributed by atoms with Crippen LogP contribution in [0.2, 0.25) is 0 Å². The second-order valence-electron chi connectivity index (χ2n) is 6.49. The van der Waals surface area contributed by atoms with Crippen LogP contribution in [0.15, 0.2) is 18.2 Å². The smallest absolute Gasteiger partial charge is 0.251 e. The van der Waals surface area contributed by atoms with E-state index in [1.54, 1.807) is 7.11 Å². The van der Waals surface area contributed by atoms with E-state index in [0.717, 1.165) is 31.4 Å². The first kappa shape index (κ1) is 15.8. The van der Waals surface area contributed by atoms with Gasteiger partial charge in [-0.15, -0.1) is 0 Å². The van der Waals surface area contributed by atoms with Crippen molar-refractivity contribution in [2.75, 3.05) is 32.1 Å². The molecular weight excluding hydrogens is 264 g/mol. The molecular formula is C17H26N2O2. The van der Waals surface area contributed by atoms with Crippen LogP contribution in [0.5, 0.6) is 0 Å². The van der Waals surface area contributed by atoms with E-state index < -0.39 is 0 Å². The van der Waals surface area contributed by atoms with Gasteiger partial charge in [0.05, 0.1) is 0 Å². The number of hydrogen-bond donors (Lipinski definition) is 2. The van der Waals surface area contributed by atoms with Crippen LogP contribution < -0.4 is 10.6 Å². The number of anilines is 1. The minimum absolute atomic E-state index is 0.00821. The van der Waals surface area contributed by atoms with E-state index in [2.05, 4.69) is 24.5 Å². The first-order valence-electron chi connectivity index (χ1n) is 7.66. The zero-order valence-corrected chi connectivity index (χ0v) is 13.3. The number of ether oxygens (including phenoxy) is 1. The summed E-state index contributed by atoms with van der Waals surface area (Å²) in [4.78, 5) is 12.3. The Morgan fingerprint density at radius 1 is 1.43 bits per heavy atom. The molecule has 0 spiro atoms. The molecule has 1 heterocycles. The lowest BCUT2D eigenvalue weighted by atomic mass is 9.89. The molecule has 1 aromatic carbocycles. The van der Waals surface area contributed by atoms with Crippen LogP contribution in [0.4, 0.5) is 5.69 Å². The van der Waals surface area contributed by atoms with Gasteiger partial charge in [-0.05, 0) is 48.4 Å². The molecule has 0 atom stereocenters. The summed E-state index contributed by atoms with van der Waals surface area (Å²) < 4.78 is 5.11. The molecule has 116 valence electrons. The van der Waals surface area contributed by atoms with Crippen molar-refractivity contribution in [2.45, 2.75) is 33.1 Å². The predicted octanol–water partition coefficient (Wildman–Crippen LogP) is 2.84. The van der Waals surface area contributed by atoms with Crippen LogP contribution in [0.3, 0.4) is 0 Å². The van der Waals surface area contributed by atoms with E-state index in [-0.39, 0.29) is 11.3 Å². The van der Waals surface area contributed by atoms with Crippen LogP contribution in [0, 0.1) is 5.41 Å². The lowest BCUT2D eigenvalue weighted by Crippen LogP contribution is -2.34. The third kappa shape index (κ3) is 4.46. The molecule has 0 aromatic heterocycles. The Morgan fingerprint density at radius 3 is 3.00 bits per heavy atom. The highest BCUT2D eigenvalue weighted by atomic mass is 16.5. The fourth-order valence-corrected chi connectivity index (χ4v) is 2.50. The fraction of sp³-hybridized carbons (Fsp3) is 0.588. The van der Waals surface area contributed by atoms with E-state index >= 15 is 0 Å². The molecule has 4 heteroatoms. The minimum atomic E-state index is 0.00821. The summed E-state index contributed by atoms with van der Waals surface area (Å²) in [6, 6.07) is 5.92. The summed E-state index contributed by atoms with van der Waals surface area (Å²) in [5.74, 6) is 0.00821. The van der Waals surface area contributed by atoms with Crippen molar-refractivity contribution in [1.82, 2.24) is 5.32 Å². The summed E-state index contributed by atoms with van der Waals surface area (Å²) in [7, 11) is 1.70. The van der Waals surface area contributed by atoms with E-state index in [4.69, 9.17) is 4.74 Å². The Kier molecular flexibility index (Phi) is 5.23. The van der Waals surface area contributed by atoms with Crippen molar-refractivity contribution in [3.63, 3.8) is 0 Å². The quantitative estimate of drug-likeness (QED) is 0.847. The van der Waals surface area contributed by atoms with Gasteiger partial charge in [-0.2, -0.15) is 0 Å². The van der Waals surface area contributed by atoms with Crippen molar-refractivity contribution in [3.8, 4) is 0 Å². The van der Waals surface area contributed by atoms with Crippen LogP contribution in [0.1, 0.15) is 42.6 Å². The number of rotatable bonds is 6. The van der Waals surface area contributed by atoms with Crippen LogP contribution in [0.25, 0.3) is 0 Å². The third-order valence-electron chi connectivity index (χ3n) is 4.02. The molecule has 4 nitrogen and oxygen atoms in total. The van der Waals surface area contributed by atoms with Gasteiger partial charge < -0.3 is 15.4 Å². The number of methoxy groups -OCH3 is 1. The zero-order valence-electron chi connectivity index (χ0n) is 13.3. The van der Waals surface area contributed by atoms with Crippen LogP contribution in [-0.2, 0) is 11.2 Å². The first-order chi connectivity index (χ1) is 10.0. The van der Waals surface area contributed by atoms with Gasteiger partial charge in [-0.25, -0.2) is 0 Å². The minimum Gasteiger partial charge on any atom is -0.385 e. The summed E-state index contributed by atoms with van der Waals surface area (Å²) in [5, 5.41) is 6.40. The summed E-state index contributed by atoms with van der Waals surface area (Å²) >= 11 is 0. The number of fused-ring (bicyclic) bond motifs is 1. The molecule has 0 unspecified atom stereocenters. The van der Waals surface area contributed by atoms with Gasteiger partial charge in [-0.1, -0.05) is 13.8 Å². The second-order valence-corrected chi connectivity index (χ2v) is 6.49. The van der Waals surface area contributed by atoms with Crippen LogP contribution in [-0.4, -0.2) is 32.7 Å². The van der Waals surface area contributed by atoms with Crippen molar-refractivity contribution in [2.24, 2.45) is 5.41 Å². The van der Waals surface area contributed by atoms with Gasteiger partial charge >= 0.3 is 0 Å². The summed E-state index contributed by atoms with van der Waals surface area (Å²) in [5.41, 5.74) is 3.20. The van der Waals surface area contributed by atoms with Crippen molar-refractivity contribution in [3.05, 3.63) is 29.3 Å². The Balaban J connectivity index is 1.94. The topological polar surface area (TPSA) is 50.4 Å². The number of amides is 1. The highest BCUT2D eigenvalue weighted by molar-refractivity contribution is 5.95. The predicted molar refractivity (Wildman–Crippen MR) is 85.9 cm³/mol. The largest absolute Gasteiger partial charge is 0.385 e. The number of nitrogens with one attached hydrogen (secondary N) is 2. The van der Waals surface area contributed by atoms with Crippen LogP contribution >= 0.6 is 0 Å². The molecule has 21 heavy (non-hydrogen) atoms.